The zero-order valence-corrected chi connectivity index (χ0v) is 12.0. The topological polar surface area (TPSA) is 27.7 Å². The predicted octanol–water partition coefficient (Wildman–Crippen LogP) is 1.43. The summed E-state index contributed by atoms with van der Waals surface area (Å²) in [6.45, 7) is 7.93. The van der Waals surface area contributed by atoms with Gasteiger partial charge in [-0.25, -0.2) is 0 Å². The molecular weight excluding hydrogens is 204 g/mol. The fourth-order valence-corrected chi connectivity index (χ4v) is 4.70. The first-order chi connectivity index (χ1) is 6.24. The summed E-state index contributed by atoms with van der Waals surface area (Å²) in [4.78, 5) is 0. The molecule has 0 saturated carbocycles. The molecule has 5 heteroatoms. The van der Waals surface area contributed by atoms with E-state index in [1.165, 1.54) is 10.2 Å². The number of hydrogen-bond acceptors (Lipinski definition) is 3. The Labute approximate surface area is 86.5 Å². The van der Waals surface area contributed by atoms with Crippen LogP contribution in [0.4, 0.5) is 0 Å². The van der Waals surface area contributed by atoms with Crippen LogP contribution in [-0.4, -0.2) is 35.8 Å². The molecule has 0 rings (SSSR count). The summed E-state index contributed by atoms with van der Waals surface area (Å²) >= 11 is 0. The maximum absolute atomic E-state index is 5.61. The van der Waals surface area contributed by atoms with Crippen LogP contribution in [0.3, 0.4) is 0 Å². The van der Waals surface area contributed by atoms with E-state index in [2.05, 4.69) is 0 Å². The highest BCUT2D eigenvalue weighted by Gasteiger charge is 2.24. The number of rotatable bonds is 8. The molecule has 3 nitrogen and oxygen atoms in total. The molecule has 0 atom stereocenters. The van der Waals surface area contributed by atoms with Gasteiger partial charge in [0, 0.05) is 16.0 Å². The van der Waals surface area contributed by atoms with Crippen LogP contribution in [0.15, 0.2) is 0 Å². The van der Waals surface area contributed by atoms with Crippen molar-refractivity contribution in [3.8, 4) is 0 Å². The SMILES string of the molecule is CCOS(CC[SiH3])(OCC)OCC. The van der Waals surface area contributed by atoms with Crippen LogP contribution < -0.4 is 0 Å². The van der Waals surface area contributed by atoms with Crippen molar-refractivity contribution in [2.45, 2.75) is 26.8 Å². The first-order valence-electron chi connectivity index (χ1n) is 4.98. The molecule has 0 aliphatic rings. The van der Waals surface area contributed by atoms with Gasteiger partial charge in [-0.3, -0.25) is 12.5 Å². The van der Waals surface area contributed by atoms with Crippen molar-refractivity contribution in [1.82, 2.24) is 0 Å². The van der Waals surface area contributed by atoms with Gasteiger partial charge in [0.25, 0.3) is 0 Å². The van der Waals surface area contributed by atoms with Crippen LogP contribution in [0, 0.1) is 0 Å². The monoisotopic (exact) mass is 226 g/mol. The molecular formula is C8H22O3SSi. The van der Waals surface area contributed by atoms with Crippen molar-refractivity contribution in [3.63, 3.8) is 0 Å². The molecule has 0 bridgehead atoms. The Hall–Kier alpha value is 0.447. The summed E-state index contributed by atoms with van der Waals surface area (Å²) in [6, 6.07) is 1.16. The van der Waals surface area contributed by atoms with Crippen molar-refractivity contribution in [1.29, 1.82) is 0 Å². The van der Waals surface area contributed by atoms with E-state index in [9.17, 15) is 0 Å². The third-order valence-electron chi connectivity index (χ3n) is 1.35. The Balaban J connectivity index is 4.19. The highest BCUT2D eigenvalue weighted by Crippen LogP contribution is 2.51. The van der Waals surface area contributed by atoms with E-state index in [-0.39, 0.29) is 0 Å². The van der Waals surface area contributed by atoms with Gasteiger partial charge in [-0.1, -0.05) is 6.04 Å². The summed E-state index contributed by atoms with van der Waals surface area (Å²) in [5.41, 5.74) is 0. The Morgan fingerprint density at radius 1 is 0.923 bits per heavy atom. The minimum absolute atomic E-state index is 0.664. The first kappa shape index (κ1) is 13.4. The van der Waals surface area contributed by atoms with Gasteiger partial charge in [0.2, 0.25) is 0 Å². The van der Waals surface area contributed by atoms with Gasteiger partial charge >= 0.3 is 0 Å². The number of hydrogen-bond donors (Lipinski definition) is 0. The highest BCUT2D eigenvalue weighted by atomic mass is 32.3. The smallest absolute Gasteiger partial charge is 0.0884 e. The lowest BCUT2D eigenvalue weighted by Gasteiger charge is -2.36. The minimum atomic E-state index is -1.66. The van der Waals surface area contributed by atoms with Crippen molar-refractivity contribution >= 4 is 21.1 Å². The average molecular weight is 226 g/mol. The largest absolute Gasteiger partial charge is 0.293 e. The Bertz CT molecular complexity index is 94.4. The molecule has 0 aliphatic heterocycles. The van der Waals surface area contributed by atoms with Crippen LogP contribution in [0.1, 0.15) is 20.8 Å². The summed E-state index contributed by atoms with van der Waals surface area (Å²) in [7, 11) is -0.490. The molecule has 0 fully saturated rings. The van der Waals surface area contributed by atoms with Gasteiger partial charge in [0.1, 0.15) is 0 Å². The van der Waals surface area contributed by atoms with Crippen molar-refractivity contribution in [2.24, 2.45) is 0 Å². The molecule has 0 aromatic rings. The third-order valence-corrected chi connectivity index (χ3v) is 5.26. The second-order valence-corrected chi connectivity index (χ2v) is 5.71. The summed E-state index contributed by atoms with van der Waals surface area (Å²) in [6.07, 6.45) is 0. The average Bonchev–Trinajstić information content (AvgIpc) is 2.06. The molecule has 0 heterocycles. The fraction of sp³-hybridized carbons (Fsp3) is 1.00. The molecule has 0 unspecified atom stereocenters. The van der Waals surface area contributed by atoms with Crippen molar-refractivity contribution < 1.29 is 12.5 Å². The van der Waals surface area contributed by atoms with E-state index < -0.39 is 10.9 Å². The first-order valence-corrected chi connectivity index (χ1v) is 7.97. The van der Waals surface area contributed by atoms with Crippen LogP contribution in [0.25, 0.3) is 0 Å². The van der Waals surface area contributed by atoms with Crippen LogP contribution >= 0.6 is 10.9 Å². The lowest BCUT2D eigenvalue weighted by molar-refractivity contribution is 0.186. The molecule has 82 valence electrons. The van der Waals surface area contributed by atoms with Gasteiger partial charge in [0.05, 0.1) is 30.7 Å². The van der Waals surface area contributed by atoms with Gasteiger partial charge in [0.15, 0.2) is 0 Å². The Kier molecular flexibility index (Phi) is 8.08. The molecule has 0 N–H and O–H groups in total. The third kappa shape index (κ3) is 5.02. The molecule has 0 spiro atoms. The fourth-order valence-electron chi connectivity index (χ4n) is 1.07. The molecule has 0 amide bonds. The standard InChI is InChI=1S/C8H22O3SSi/c1-4-9-12(7-8-13,10-5-2)11-6-3/h4-8H2,1-3,13H3. The second-order valence-electron chi connectivity index (χ2n) is 2.48. The second kappa shape index (κ2) is 7.81. The van der Waals surface area contributed by atoms with Crippen LogP contribution in [0.2, 0.25) is 6.04 Å². The van der Waals surface area contributed by atoms with Crippen LogP contribution in [0.5, 0.6) is 0 Å². The van der Waals surface area contributed by atoms with E-state index >= 15 is 0 Å². The molecule has 0 aromatic carbocycles. The zero-order chi connectivity index (χ0) is 10.2. The van der Waals surface area contributed by atoms with E-state index in [4.69, 9.17) is 12.5 Å². The minimum Gasteiger partial charge on any atom is -0.293 e. The molecule has 0 aromatic heterocycles. The van der Waals surface area contributed by atoms with Gasteiger partial charge in [-0.05, 0) is 20.8 Å². The summed E-state index contributed by atoms with van der Waals surface area (Å²) in [5.74, 6) is 0.925. The predicted molar refractivity (Wildman–Crippen MR) is 62.1 cm³/mol. The molecule has 0 saturated heterocycles. The zero-order valence-electron chi connectivity index (χ0n) is 9.17. The van der Waals surface area contributed by atoms with Crippen molar-refractivity contribution in [2.75, 3.05) is 25.6 Å². The lowest BCUT2D eigenvalue weighted by atomic mass is 10.9. The van der Waals surface area contributed by atoms with Crippen LogP contribution in [-0.2, 0) is 12.5 Å². The highest BCUT2D eigenvalue weighted by molar-refractivity contribution is 8.21. The summed E-state index contributed by atoms with van der Waals surface area (Å²) in [5, 5.41) is 0. The maximum Gasteiger partial charge on any atom is 0.0884 e. The molecule has 0 radical (unpaired) electrons. The van der Waals surface area contributed by atoms with E-state index in [1.54, 1.807) is 0 Å². The summed E-state index contributed by atoms with van der Waals surface area (Å²) < 4.78 is 16.8. The molecule has 0 aliphatic carbocycles. The van der Waals surface area contributed by atoms with E-state index in [0.717, 1.165) is 11.8 Å². The Morgan fingerprint density at radius 3 is 1.54 bits per heavy atom. The molecule has 13 heavy (non-hydrogen) atoms. The van der Waals surface area contributed by atoms with Crippen molar-refractivity contribution in [3.05, 3.63) is 0 Å². The van der Waals surface area contributed by atoms with Gasteiger partial charge in [-0.15, -0.1) is 0 Å². The van der Waals surface area contributed by atoms with E-state index in [1.807, 2.05) is 20.8 Å². The van der Waals surface area contributed by atoms with E-state index in [0.29, 0.717) is 19.8 Å². The van der Waals surface area contributed by atoms with Gasteiger partial charge in [-0.2, -0.15) is 0 Å². The quantitative estimate of drug-likeness (QED) is 0.586. The lowest BCUT2D eigenvalue weighted by Crippen LogP contribution is -2.16. The van der Waals surface area contributed by atoms with Gasteiger partial charge < -0.3 is 0 Å². The normalized spacial score (nSPS) is 13.5. The maximum atomic E-state index is 5.61. The Morgan fingerprint density at radius 2 is 1.31 bits per heavy atom.